The van der Waals surface area contributed by atoms with E-state index in [1.165, 1.54) is 0 Å². The van der Waals surface area contributed by atoms with Crippen LogP contribution < -0.4 is 58.2 Å². The second-order valence-corrected chi connectivity index (χ2v) is 2.74. The standard InChI is InChI=1S/C9H10N.Rb/c1-10-7-6-8-4-2-3-5-9(8)10;/h2-3,5-9H,1H3;/q-1;+1. The number of hydrogen-bond donors (Lipinski definition) is 0. The van der Waals surface area contributed by atoms with Gasteiger partial charge in [-0.05, 0) is 6.20 Å². The summed E-state index contributed by atoms with van der Waals surface area (Å²) in [6.07, 6.45) is 13.8. The summed E-state index contributed by atoms with van der Waals surface area (Å²) in [5, 5.41) is 0. The summed E-state index contributed by atoms with van der Waals surface area (Å²) in [7, 11) is 2.10. The SMILES string of the molecule is CN1C=CC2[C-]=CC=CC21.[Rb+]. The Kier molecular flexibility index (Phi) is 3.76. The van der Waals surface area contributed by atoms with Crippen LogP contribution in [0.4, 0.5) is 0 Å². The predicted molar refractivity (Wildman–Crippen MR) is 41.1 cm³/mol. The Labute approximate surface area is 117 Å². The van der Waals surface area contributed by atoms with Gasteiger partial charge in [0.15, 0.2) is 0 Å². The Balaban J connectivity index is 0.000000605. The van der Waals surface area contributed by atoms with E-state index in [-0.39, 0.29) is 58.2 Å². The van der Waals surface area contributed by atoms with Gasteiger partial charge in [0.05, 0.1) is 0 Å². The molecule has 0 N–H and O–H groups in total. The molecule has 0 bridgehead atoms. The molecule has 2 rings (SSSR count). The predicted octanol–water partition coefficient (Wildman–Crippen LogP) is -1.64. The Hall–Kier alpha value is 0.825. The molecule has 0 radical (unpaired) electrons. The average Bonchev–Trinajstić information content (AvgIpc) is 2.34. The van der Waals surface area contributed by atoms with Crippen molar-refractivity contribution in [3.05, 3.63) is 36.6 Å². The first-order chi connectivity index (χ1) is 4.88. The van der Waals surface area contributed by atoms with Gasteiger partial charge in [0.25, 0.3) is 0 Å². The zero-order valence-electron chi connectivity index (χ0n) is 6.99. The molecule has 2 heteroatoms. The molecule has 1 aliphatic heterocycles. The molecule has 0 saturated heterocycles. The van der Waals surface area contributed by atoms with E-state index in [4.69, 9.17) is 0 Å². The summed E-state index contributed by atoms with van der Waals surface area (Å²) in [6.45, 7) is 0. The molecule has 1 heterocycles. The molecule has 1 nitrogen and oxygen atoms in total. The van der Waals surface area contributed by atoms with Gasteiger partial charge in [-0.15, -0.1) is 6.08 Å². The zero-order chi connectivity index (χ0) is 6.97. The molecule has 0 saturated carbocycles. The number of allylic oxidation sites excluding steroid dienone is 2. The summed E-state index contributed by atoms with van der Waals surface area (Å²) in [5.41, 5.74) is 0. The van der Waals surface area contributed by atoms with Crippen molar-refractivity contribution in [2.24, 2.45) is 5.92 Å². The molecule has 0 spiro atoms. The van der Waals surface area contributed by atoms with E-state index in [0.29, 0.717) is 12.0 Å². The smallest absolute Gasteiger partial charge is 0.376 e. The van der Waals surface area contributed by atoms with E-state index in [9.17, 15) is 0 Å². The minimum absolute atomic E-state index is 0. The van der Waals surface area contributed by atoms with Gasteiger partial charge in [-0.25, -0.2) is 12.2 Å². The normalized spacial score (nSPS) is 31.9. The van der Waals surface area contributed by atoms with Gasteiger partial charge in [-0.1, -0.05) is 12.0 Å². The van der Waals surface area contributed by atoms with Crippen molar-refractivity contribution in [1.29, 1.82) is 0 Å². The van der Waals surface area contributed by atoms with Gasteiger partial charge in [-0.3, -0.25) is 6.08 Å². The van der Waals surface area contributed by atoms with Crippen molar-refractivity contribution >= 4 is 0 Å². The topological polar surface area (TPSA) is 3.24 Å². The maximum absolute atomic E-state index is 3.27. The molecule has 0 aromatic heterocycles. The van der Waals surface area contributed by atoms with Gasteiger partial charge < -0.3 is 4.90 Å². The second kappa shape index (κ2) is 4.17. The molecule has 52 valence electrons. The van der Waals surface area contributed by atoms with E-state index < -0.39 is 0 Å². The monoisotopic (exact) mass is 217 g/mol. The summed E-state index contributed by atoms with van der Waals surface area (Å²) in [5.74, 6) is 0.495. The zero-order valence-corrected chi connectivity index (χ0v) is 11.9. The van der Waals surface area contributed by atoms with Crippen LogP contribution in [0, 0.1) is 12.0 Å². The fourth-order valence-electron chi connectivity index (χ4n) is 1.44. The average molecular weight is 218 g/mol. The molecule has 2 unspecified atom stereocenters. The van der Waals surface area contributed by atoms with Crippen molar-refractivity contribution in [3.63, 3.8) is 0 Å². The van der Waals surface area contributed by atoms with Crippen molar-refractivity contribution in [1.82, 2.24) is 4.90 Å². The van der Waals surface area contributed by atoms with Crippen LogP contribution in [0.15, 0.2) is 30.5 Å². The van der Waals surface area contributed by atoms with Crippen LogP contribution >= 0.6 is 0 Å². The fraction of sp³-hybridized carbons (Fsp3) is 0.333. The van der Waals surface area contributed by atoms with Crippen LogP contribution in [0.3, 0.4) is 0 Å². The number of hydrogen-bond acceptors (Lipinski definition) is 1. The van der Waals surface area contributed by atoms with Gasteiger partial charge in [0.2, 0.25) is 0 Å². The Morgan fingerprint density at radius 1 is 1.36 bits per heavy atom. The maximum Gasteiger partial charge on any atom is 1.00 e. The third-order valence-corrected chi connectivity index (χ3v) is 2.06. The van der Waals surface area contributed by atoms with Crippen LogP contribution in [0.25, 0.3) is 0 Å². The number of fused-ring (bicyclic) bond motifs is 1. The Morgan fingerprint density at radius 3 is 2.91 bits per heavy atom. The number of nitrogens with zero attached hydrogens (tertiary/aromatic N) is 1. The minimum atomic E-state index is 0. The van der Waals surface area contributed by atoms with E-state index in [0.717, 1.165) is 0 Å². The molecule has 0 aromatic carbocycles. The molecule has 0 fully saturated rings. The van der Waals surface area contributed by atoms with E-state index in [2.05, 4.69) is 42.5 Å². The van der Waals surface area contributed by atoms with Crippen LogP contribution in [0.2, 0.25) is 0 Å². The maximum atomic E-state index is 3.27. The molecule has 0 aromatic rings. The van der Waals surface area contributed by atoms with Gasteiger partial charge in [-0.2, -0.15) is 0 Å². The molecule has 1 aliphatic carbocycles. The van der Waals surface area contributed by atoms with Gasteiger partial charge in [0, 0.05) is 13.1 Å². The third-order valence-electron chi connectivity index (χ3n) is 2.06. The first-order valence-corrected chi connectivity index (χ1v) is 3.54. The van der Waals surface area contributed by atoms with Crippen LogP contribution in [0.5, 0.6) is 0 Å². The van der Waals surface area contributed by atoms with Crippen LogP contribution in [-0.2, 0) is 0 Å². The second-order valence-electron chi connectivity index (χ2n) is 2.74. The van der Waals surface area contributed by atoms with E-state index in [1.54, 1.807) is 0 Å². The molecule has 2 aliphatic rings. The van der Waals surface area contributed by atoms with Crippen molar-refractivity contribution in [2.75, 3.05) is 7.05 Å². The summed E-state index contributed by atoms with van der Waals surface area (Å²) < 4.78 is 0. The molecular formula is C9H10NRb. The van der Waals surface area contributed by atoms with E-state index >= 15 is 0 Å². The first kappa shape index (κ1) is 9.91. The summed E-state index contributed by atoms with van der Waals surface area (Å²) in [4.78, 5) is 2.21. The largest absolute Gasteiger partial charge is 1.00 e. The first-order valence-electron chi connectivity index (χ1n) is 3.54. The van der Waals surface area contributed by atoms with Gasteiger partial charge >= 0.3 is 58.2 Å². The van der Waals surface area contributed by atoms with Crippen molar-refractivity contribution in [2.45, 2.75) is 6.04 Å². The van der Waals surface area contributed by atoms with Crippen molar-refractivity contribution in [3.8, 4) is 0 Å². The van der Waals surface area contributed by atoms with E-state index in [1.807, 2.05) is 6.08 Å². The fourth-order valence-corrected chi connectivity index (χ4v) is 1.44. The molecule has 11 heavy (non-hydrogen) atoms. The van der Waals surface area contributed by atoms with Gasteiger partial charge in [0.1, 0.15) is 0 Å². The molecular weight excluding hydrogens is 208 g/mol. The van der Waals surface area contributed by atoms with Crippen LogP contribution in [0.1, 0.15) is 0 Å². The number of rotatable bonds is 0. The Bertz CT molecular complexity index is 218. The third kappa shape index (κ3) is 1.94. The summed E-state index contributed by atoms with van der Waals surface area (Å²) >= 11 is 0. The molecule has 2 atom stereocenters. The van der Waals surface area contributed by atoms with Crippen molar-refractivity contribution < 1.29 is 58.2 Å². The number of likely N-dealkylation sites (N-methyl/N-ethyl adjacent to an activating group) is 1. The summed E-state index contributed by atoms with van der Waals surface area (Å²) in [6, 6.07) is 0.532. The quantitative estimate of drug-likeness (QED) is 0.440. The Morgan fingerprint density at radius 2 is 2.18 bits per heavy atom. The molecule has 0 amide bonds. The minimum Gasteiger partial charge on any atom is -0.376 e. The van der Waals surface area contributed by atoms with Crippen LogP contribution in [-0.4, -0.2) is 18.0 Å².